The summed E-state index contributed by atoms with van der Waals surface area (Å²) in [7, 11) is 0. The number of benzene rings is 4. The van der Waals surface area contributed by atoms with Gasteiger partial charge in [0.25, 0.3) is 0 Å². The van der Waals surface area contributed by atoms with Gasteiger partial charge in [0.15, 0.2) is 0 Å². The molecule has 1 radical (unpaired) electrons. The third-order valence-electron chi connectivity index (χ3n) is 9.48. The predicted octanol–water partition coefficient (Wildman–Crippen LogP) is 13.0. The molecule has 3 heterocycles. The molecule has 0 unspecified atom stereocenters. The minimum Gasteiger partial charge on any atom is -0.501 e. The van der Waals surface area contributed by atoms with Gasteiger partial charge in [0.05, 0.1) is 5.58 Å². The Morgan fingerprint density at radius 1 is 0.648 bits per heavy atom. The van der Waals surface area contributed by atoms with Crippen molar-refractivity contribution in [1.82, 2.24) is 9.97 Å². The van der Waals surface area contributed by atoms with Crippen LogP contribution in [0.5, 0.6) is 0 Å². The number of furan rings is 1. The van der Waals surface area contributed by atoms with Crippen LogP contribution < -0.4 is 4.40 Å². The average Bonchev–Trinajstić information content (AvgIpc) is 3.46. The van der Waals surface area contributed by atoms with E-state index in [4.69, 9.17) is 14.4 Å². The minimum atomic E-state index is -1.91. The van der Waals surface area contributed by atoms with E-state index in [-0.39, 0.29) is 30.9 Å². The summed E-state index contributed by atoms with van der Waals surface area (Å²) < 4.78 is 7.93. The van der Waals surface area contributed by atoms with Crippen molar-refractivity contribution >= 4 is 39.6 Å². The van der Waals surface area contributed by atoms with Crippen molar-refractivity contribution in [1.29, 1.82) is 0 Å². The molecule has 7 rings (SSSR count). The first-order valence-corrected chi connectivity index (χ1v) is 26.2. The van der Waals surface area contributed by atoms with Gasteiger partial charge in [0, 0.05) is 31.7 Å². The van der Waals surface area contributed by atoms with Gasteiger partial charge >= 0.3 is 138 Å². The molecule has 5 heteroatoms. The van der Waals surface area contributed by atoms with Crippen LogP contribution in [0.2, 0.25) is 17.3 Å². The Morgan fingerprint density at radius 2 is 1.30 bits per heavy atom. The molecule has 0 aliphatic carbocycles. The van der Waals surface area contributed by atoms with Gasteiger partial charge in [0.1, 0.15) is 5.58 Å². The number of aryl methyl sites for hydroxylation is 2. The Bertz CT molecular complexity index is 2370. The van der Waals surface area contributed by atoms with Crippen LogP contribution in [-0.2, 0) is 32.9 Å². The number of aromatic nitrogens is 2. The second-order valence-electron chi connectivity index (χ2n) is 18.0. The van der Waals surface area contributed by atoms with E-state index >= 15 is 0 Å². The van der Waals surface area contributed by atoms with Crippen LogP contribution >= 0.6 is 0 Å². The van der Waals surface area contributed by atoms with Gasteiger partial charge in [0.2, 0.25) is 0 Å². The number of fused-ring (bicyclic) bond motifs is 3. The molecule has 0 aliphatic heterocycles. The van der Waals surface area contributed by atoms with Crippen LogP contribution in [-0.4, -0.2) is 23.2 Å². The first kappa shape index (κ1) is 41.3. The van der Waals surface area contributed by atoms with Gasteiger partial charge in [-0.1, -0.05) is 85.8 Å². The molecule has 0 N–H and O–H groups in total. The Labute approximate surface area is 339 Å². The van der Waals surface area contributed by atoms with Crippen molar-refractivity contribution in [2.45, 2.75) is 85.5 Å². The van der Waals surface area contributed by atoms with E-state index in [2.05, 4.69) is 164 Å². The topological polar surface area (TPSA) is 38.9 Å². The molecule has 3 aromatic heterocycles. The first-order chi connectivity index (χ1) is 24.9. The summed E-state index contributed by atoms with van der Waals surface area (Å²) in [6.45, 7) is 18.0. The van der Waals surface area contributed by atoms with Crippen LogP contribution in [0.25, 0.3) is 55.6 Å². The molecule has 0 saturated heterocycles. The van der Waals surface area contributed by atoms with E-state index in [0.717, 1.165) is 62.9 Å². The fraction of sp³-hybridized carbons (Fsp3) is 0.306. The fourth-order valence-electron chi connectivity index (χ4n) is 6.97. The van der Waals surface area contributed by atoms with Crippen molar-refractivity contribution in [3.8, 4) is 33.6 Å². The molecule has 0 spiro atoms. The fourth-order valence-corrected chi connectivity index (χ4v) is 10.3. The smallest absolute Gasteiger partial charge is 0.121 e. The van der Waals surface area contributed by atoms with Crippen LogP contribution in [0.4, 0.5) is 0 Å². The van der Waals surface area contributed by atoms with Crippen LogP contribution in [0.15, 0.2) is 108 Å². The molecule has 3 nitrogen and oxygen atoms in total. The van der Waals surface area contributed by atoms with E-state index in [1.807, 2.05) is 24.4 Å². The molecule has 7 aromatic rings. The molecule has 4 aromatic carbocycles. The van der Waals surface area contributed by atoms with Crippen molar-refractivity contribution in [3.63, 3.8) is 0 Å². The van der Waals surface area contributed by atoms with Crippen molar-refractivity contribution < 1.29 is 24.5 Å². The molecular formula is C49H54GeIrN2O-2. The maximum atomic E-state index is 6.40. The van der Waals surface area contributed by atoms with Gasteiger partial charge in [-0.15, -0.1) is 18.2 Å². The molecule has 0 amide bonds. The Balaban J connectivity index is 0.000000217. The number of nitrogens with zero attached hydrogens (tertiary/aromatic N) is 2. The molecule has 281 valence electrons. The molecular weight excluding hydrogens is 897 g/mol. The molecule has 0 saturated carbocycles. The number of pyridine rings is 2. The van der Waals surface area contributed by atoms with Gasteiger partial charge < -0.3 is 9.40 Å². The van der Waals surface area contributed by atoms with Crippen molar-refractivity contribution in [3.05, 3.63) is 138 Å². The van der Waals surface area contributed by atoms with E-state index in [9.17, 15) is 0 Å². The van der Waals surface area contributed by atoms with E-state index < -0.39 is 13.3 Å². The molecule has 0 aliphatic rings. The molecule has 0 atom stereocenters. The third kappa shape index (κ3) is 10.1. The van der Waals surface area contributed by atoms with Gasteiger partial charge in [-0.2, -0.15) is 0 Å². The van der Waals surface area contributed by atoms with Crippen LogP contribution in [0.3, 0.4) is 0 Å². The second kappa shape index (κ2) is 16.5. The van der Waals surface area contributed by atoms with E-state index in [0.29, 0.717) is 0 Å². The summed E-state index contributed by atoms with van der Waals surface area (Å²) in [6, 6.07) is 38.4. The van der Waals surface area contributed by atoms with Crippen molar-refractivity contribution in [2.75, 3.05) is 0 Å². The average molecular weight is 952 g/mol. The van der Waals surface area contributed by atoms with Crippen molar-refractivity contribution in [2.24, 2.45) is 10.8 Å². The zero-order valence-corrected chi connectivity index (χ0v) is 38.4. The number of rotatable bonds is 6. The SMILES string of the molecule is Cc1cc[c-]c(-c2cc(CC(C)(C)C)[c]([Ge]([CH3])([CH3])[CH3])cn2)c1.Cc1cnc(-c2[c-]ccc3c2oc2cc(-c4ccccc4)ccc23)cc1CC(C)(C)C.[Ir]. The molecule has 54 heavy (non-hydrogen) atoms. The summed E-state index contributed by atoms with van der Waals surface area (Å²) in [5.74, 6) is 7.34. The summed E-state index contributed by atoms with van der Waals surface area (Å²) in [6.07, 6.45) is 6.23. The van der Waals surface area contributed by atoms with E-state index in [1.165, 1.54) is 32.2 Å². The summed E-state index contributed by atoms with van der Waals surface area (Å²) in [4.78, 5) is 9.50. The van der Waals surface area contributed by atoms with Gasteiger partial charge in [-0.25, -0.2) is 0 Å². The zero-order chi connectivity index (χ0) is 38.1. The zero-order valence-electron chi connectivity index (χ0n) is 33.9. The Hall–Kier alpha value is -3.83. The maximum absolute atomic E-state index is 6.40. The largest absolute Gasteiger partial charge is 0.501 e. The summed E-state index contributed by atoms with van der Waals surface area (Å²) in [5.41, 5.74) is 13.9. The normalized spacial score (nSPS) is 12.0. The summed E-state index contributed by atoms with van der Waals surface area (Å²) >= 11 is -1.91. The predicted molar refractivity (Wildman–Crippen MR) is 229 cm³/mol. The first-order valence-electron chi connectivity index (χ1n) is 18.8. The van der Waals surface area contributed by atoms with E-state index in [1.54, 1.807) is 0 Å². The van der Waals surface area contributed by atoms with Crippen LogP contribution in [0.1, 0.15) is 63.8 Å². The minimum absolute atomic E-state index is 0. The number of hydrogen-bond acceptors (Lipinski definition) is 3. The maximum Gasteiger partial charge on any atom is 0.121 e. The quantitative estimate of drug-likeness (QED) is 0.123. The third-order valence-corrected chi connectivity index (χ3v) is 13.8. The van der Waals surface area contributed by atoms with Gasteiger partial charge in [-0.3, -0.25) is 0 Å². The molecule has 0 bridgehead atoms. The number of hydrogen-bond donors (Lipinski definition) is 0. The van der Waals surface area contributed by atoms with Crippen LogP contribution in [0, 0.1) is 36.8 Å². The standard InChI is InChI=1S/C29H26NO.C20H28GeN.Ir/c1-19-18-30-26(15-22(19)17-29(2,3)4)25-12-8-11-24-23-14-13-21(16-27(23)31-28(24)25)20-9-6-5-7-10-20;1-15-9-8-10-16(11-15)19-12-17(13-20(2,3)4)18(14-22-19)21(5,6)7;/h5-11,13-16,18H,17H2,1-4H3;8-9,11-12,14H,13H2,1-7H3;/q2*-1;. The molecule has 0 fully saturated rings. The Morgan fingerprint density at radius 3 is 1.96 bits per heavy atom. The Kier molecular flexibility index (Phi) is 12.6. The second-order valence-corrected chi connectivity index (χ2v) is 28.6. The monoisotopic (exact) mass is 953 g/mol. The summed E-state index contributed by atoms with van der Waals surface area (Å²) in [5, 5.41) is 2.22. The van der Waals surface area contributed by atoms with Gasteiger partial charge in [-0.05, 0) is 47.2 Å².